The van der Waals surface area contributed by atoms with Gasteiger partial charge in [-0.3, -0.25) is 4.79 Å². The van der Waals surface area contributed by atoms with E-state index >= 15 is 0 Å². The van der Waals surface area contributed by atoms with Crippen molar-refractivity contribution in [2.45, 2.75) is 70.3 Å². The third-order valence-corrected chi connectivity index (χ3v) is 6.64. The maximum atomic E-state index is 11.7. The highest BCUT2D eigenvalue weighted by atomic mass is 16.7. The van der Waals surface area contributed by atoms with Crippen molar-refractivity contribution in [3.63, 3.8) is 0 Å². The fraction of sp³-hybridized carbons (Fsp3) is 0.682. The van der Waals surface area contributed by atoms with Gasteiger partial charge in [-0.2, -0.15) is 0 Å². The number of fused-ring (bicyclic) bond motifs is 1. The first kappa shape index (κ1) is 17.8. The molecule has 26 heavy (non-hydrogen) atoms. The summed E-state index contributed by atoms with van der Waals surface area (Å²) < 4.78 is 11.0. The minimum Gasteiger partial charge on any atom is -0.457 e. The van der Waals surface area contributed by atoms with Gasteiger partial charge in [0.2, 0.25) is 6.79 Å². The molecule has 0 unspecified atom stereocenters. The topological polar surface area (TPSA) is 47.6 Å². The largest absolute Gasteiger partial charge is 0.457 e. The first-order chi connectivity index (χ1) is 12.6. The summed E-state index contributed by atoms with van der Waals surface area (Å²) in [6.45, 7) is 5.15. The van der Waals surface area contributed by atoms with Crippen LogP contribution in [-0.2, 0) is 21.4 Å². The van der Waals surface area contributed by atoms with E-state index in [0.717, 1.165) is 24.6 Å². The van der Waals surface area contributed by atoms with E-state index in [1.54, 1.807) is 0 Å². The van der Waals surface area contributed by atoms with Gasteiger partial charge in [0.05, 0.1) is 0 Å². The van der Waals surface area contributed by atoms with E-state index in [2.05, 4.69) is 17.4 Å². The number of carbonyl (C=O) groups is 1. The Morgan fingerprint density at radius 3 is 3.04 bits per heavy atom. The standard InChI is InChI=1S/C22H31NO3/c1-15(2)11-21(24)26-14-25-17-7-6-16-12-20-18-5-3-4-8-22(18,9-10-23-20)19(16)13-17/h6-7,13,15,18,20,23H,3-5,8-12,14H2,1-2H3/t18-,20+,22-/m1/s1. The lowest BCUT2D eigenvalue weighted by Gasteiger charge is -2.56. The van der Waals surface area contributed by atoms with Gasteiger partial charge < -0.3 is 14.8 Å². The highest BCUT2D eigenvalue weighted by Gasteiger charge is 2.51. The molecule has 3 atom stereocenters. The van der Waals surface area contributed by atoms with Gasteiger partial charge in [-0.25, -0.2) is 0 Å². The van der Waals surface area contributed by atoms with Gasteiger partial charge in [-0.1, -0.05) is 32.8 Å². The molecule has 1 aromatic rings. The number of piperidine rings is 1. The van der Waals surface area contributed by atoms with Crippen LogP contribution in [0.25, 0.3) is 0 Å². The Balaban J connectivity index is 1.50. The Morgan fingerprint density at radius 1 is 1.31 bits per heavy atom. The van der Waals surface area contributed by atoms with Gasteiger partial charge in [0.1, 0.15) is 5.75 Å². The van der Waals surface area contributed by atoms with E-state index in [-0.39, 0.29) is 12.8 Å². The third-order valence-electron chi connectivity index (χ3n) is 6.64. The summed E-state index contributed by atoms with van der Waals surface area (Å²) in [5.41, 5.74) is 3.31. The Hall–Kier alpha value is -1.55. The zero-order chi connectivity index (χ0) is 18.1. The van der Waals surface area contributed by atoms with Crippen LogP contribution in [0.15, 0.2) is 18.2 Å². The van der Waals surface area contributed by atoms with Gasteiger partial charge in [0.25, 0.3) is 0 Å². The number of nitrogens with one attached hydrogen (secondary N) is 1. The molecule has 2 fully saturated rings. The van der Waals surface area contributed by atoms with Crippen molar-refractivity contribution < 1.29 is 14.3 Å². The predicted octanol–water partition coefficient (Wildman–Crippen LogP) is 3.96. The quantitative estimate of drug-likeness (QED) is 0.640. The Morgan fingerprint density at radius 2 is 2.19 bits per heavy atom. The van der Waals surface area contributed by atoms with E-state index in [9.17, 15) is 4.79 Å². The average molecular weight is 357 g/mol. The molecule has 3 aliphatic rings. The molecular formula is C22H31NO3. The third kappa shape index (κ3) is 3.24. The molecule has 1 saturated heterocycles. The number of ether oxygens (including phenoxy) is 2. The number of rotatable bonds is 5. The summed E-state index contributed by atoms with van der Waals surface area (Å²) in [4.78, 5) is 11.7. The summed E-state index contributed by atoms with van der Waals surface area (Å²) in [5, 5.41) is 3.77. The maximum absolute atomic E-state index is 11.7. The molecular weight excluding hydrogens is 326 g/mol. The molecule has 0 radical (unpaired) electrons. The van der Waals surface area contributed by atoms with Crippen molar-refractivity contribution >= 4 is 5.97 Å². The number of esters is 1. The van der Waals surface area contributed by atoms with Crippen LogP contribution in [-0.4, -0.2) is 25.3 Å². The van der Waals surface area contributed by atoms with Gasteiger partial charge in [0.15, 0.2) is 0 Å². The zero-order valence-electron chi connectivity index (χ0n) is 16.1. The number of carbonyl (C=O) groups excluding carboxylic acids is 1. The van der Waals surface area contributed by atoms with E-state index in [1.807, 2.05) is 19.9 Å². The van der Waals surface area contributed by atoms with E-state index in [1.165, 1.54) is 43.2 Å². The molecule has 0 spiro atoms. The molecule has 1 N–H and O–H groups in total. The molecule has 1 aliphatic heterocycles. The lowest BCUT2D eigenvalue weighted by Crippen LogP contribution is -2.59. The molecule has 1 heterocycles. The van der Waals surface area contributed by atoms with Crippen molar-refractivity contribution in [2.24, 2.45) is 11.8 Å². The van der Waals surface area contributed by atoms with E-state index < -0.39 is 0 Å². The van der Waals surface area contributed by atoms with Crippen LogP contribution >= 0.6 is 0 Å². The summed E-state index contributed by atoms with van der Waals surface area (Å²) in [6.07, 6.45) is 8.14. The Labute approximate surface area is 156 Å². The Bertz CT molecular complexity index is 667. The van der Waals surface area contributed by atoms with Crippen molar-refractivity contribution in [1.82, 2.24) is 5.32 Å². The highest BCUT2D eigenvalue weighted by molar-refractivity contribution is 5.69. The highest BCUT2D eigenvalue weighted by Crippen LogP contribution is 2.54. The first-order valence-electron chi connectivity index (χ1n) is 10.2. The van der Waals surface area contributed by atoms with Gasteiger partial charge in [-0.15, -0.1) is 0 Å². The SMILES string of the molecule is CC(C)CC(=O)OCOc1ccc2c(c1)[C@@]13CCCC[C@@H]1[C@H](C2)NCC3. The fourth-order valence-electron chi connectivity index (χ4n) is 5.55. The normalized spacial score (nSPS) is 29.7. The van der Waals surface area contributed by atoms with Crippen molar-refractivity contribution in [1.29, 1.82) is 0 Å². The fourth-order valence-corrected chi connectivity index (χ4v) is 5.55. The van der Waals surface area contributed by atoms with Crippen molar-refractivity contribution in [3.8, 4) is 5.75 Å². The zero-order valence-corrected chi connectivity index (χ0v) is 16.1. The average Bonchev–Trinajstić information content (AvgIpc) is 2.61. The molecule has 0 amide bonds. The summed E-state index contributed by atoms with van der Waals surface area (Å²) >= 11 is 0. The second-order valence-electron chi connectivity index (χ2n) is 8.72. The minimum absolute atomic E-state index is 0.00491. The van der Waals surface area contributed by atoms with Gasteiger partial charge >= 0.3 is 5.97 Å². The van der Waals surface area contributed by atoms with Crippen LogP contribution in [0, 0.1) is 11.8 Å². The van der Waals surface area contributed by atoms with E-state index in [0.29, 0.717) is 23.8 Å². The molecule has 142 valence electrons. The lowest BCUT2D eigenvalue weighted by atomic mass is 9.53. The van der Waals surface area contributed by atoms with Crippen LogP contribution in [0.2, 0.25) is 0 Å². The molecule has 4 heteroatoms. The monoisotopic (exact) mass is 357 g/mol. The maximum Gasteiger partial charge on any atom is 0.308 e. The van der Waals surface area contributed by atoms with Crippen LogP contribution < -0.4 is 10.1 Å². The second kappa shape index (κ2) is 7.22. The van der Waals surface area contributed by atoms with Gasteiger partial charge in [0, 0.05) is 17.9 Å². The van der Waals surface area contributed by atoms with Crippen LogP contribution in [0.3, 0.4) is 0 Å². The van der Waals surface area contributed by atoms with Crippen molar-refractivity contribution in [2.75, 3.05) is 13.3 Å². The molecule has 4 rings (SSSR count). The number of hydrogen-bond acceptors (Lipinski definition) is 4. The molecule has 2 bridgehead atoms. The summed E-state index contributed by atoms with van der Waals surface area (Å²) in [5.74, 6) is 1.71. The van der Waals surface area contributed by atoms with E-state index in [4.69, 9.17) is 9.47 Å². The van der Waals surface area contributed by atoms with Crippen LogP contribution in [0.1, 0.15) is 63.5 Å². The molecule has 2 aliphatic carbocycles. The smallest absolute Gasteiger partial charge is 0.308 e. The molecule has 1 saturated carbocycles. The summed E-state index contributed by atoms with van der Waals surface area (Å²) in [7, 11) is 0. The first-order valence-corrected chi connectivity index (χ1v) is 10.2. The lowest BCUT2D eigenvalue weighted by molar-refractivity contribution is -0.151. The molecule has 4 nitrogen and oxygen atoms in total. The van der Waals surface area contributed by atoms with Crippen LogP contribution in [0.5, 0.6) is 5.75 Å². The number of hydrogen-bond donors (Lipinski definition) is 1. The molecule has 1 aromatic carbocycles. The summed E-state index contributed by atoms with van der Waals surface area (Å²) in [6, 6.07) is 7.14. The van der Waals surface area contributed by atoms with Crippen molar-refractivity contribution in [3.05, 3.63) is 29.3 Å². The van der Waals surface area contributed by atoms with Gasteiger partial charge in [-0.05, 0) is 67.3 Å². The predicted molar refractivity (Wildman–Crippen MR) is 101 cm³/mol. The second-order valence-corrected chi connectivity index (χ2v) is 8.72. The Kier molecular flexibility index (Phi) is 4.96. The molecule has 0 aromatic heterocycles. The van der Waals surface area contributed by atoms with Crippen LogP contribution in [0.4, 0.5) is 0 Å². The minimum atomic E-state index is -0.190. The number of benzene rings is 1.